The maximum absolute atomic E-state index is 12.7. The molecular formula is C23H26N4O3. The van der Waals surface area contributed by atoms with Gasteiger partial charge in [-0.25, -0.2) is 0 Å². The Balaban J connectivity index is 1.63. The second-order valence-electron chi connectivity index (χ2n) is 8.18. The van der Waals surface area contributed by atoms with Gasteiger partial charge < -0.3 is 15.2 Å². The molecule has 0 saturated carbocycles. The normalized spacial score (nSPS) is 11.2. The van der Waals surface area contributed by atoms with Crippen LogP contribution in [0.25, 0.3) is 0 Å². The highest BCUT2D eigenvalue weighted by Crippen LogP contribution is 2.20. The number of aromatic nitrogens is 2. The van der Waals surface area contributed by atoms with Crippen LogP contribution in [0.2, 0.25) is 0 Å². The molecule has 7 nitrogen and oxygen atoms in total. The third-order valence-electron chi connectivity index (χ3n) is 4.43. The lowest BCUT2D eigenvalue weighted by Gasteiger charge is -2.12. The maximum Gasteiger partial charge on any atom is 0.257 e. The molecule has 2 N–H and O–H groups in total. The molecule has 0 aliphatic rings. The molecule has 0 bridgehead atoms. The van der Waals surface area contributed by atoms with Crippen molar-refractivity contribution in [3.05, 3.63) is 71.4 Å². The van der Waals surface area contributed by atoms with Crippen LogP contribution in [-0.2, 0) is 16.6 Å². The summed E-state index contributed by atoms with van der Waals surface area (Å²) in [6, 6.07) is 14.4. The number of anilines is 2. The molecule has 0 aliphatic carbocycles. The average Bonchev–Trinajstić information content (AvgIpc) is 3.16. The fourth-order valence-electron chi connectivity index (χ4n) is 2.81. The van der Waals surface area contributed by atoms with Crippen molar-refractivity contribution in [1.29, 1.82) is 0 Å². The standard InChI is InChI=1S/C23H26N4O3/c1-15-8-7-9-16(14-15)24-21(29)17-10-5-6-11-18(17)25-19(28)12-13-20-26-22(27-30-20)23(2,3)4/h5-11,14H,12-13H2,1-4H3,(H,24,29)(H,25,28). The van der Waals surface area contributed by atoms with Gasteiger partial charge in [-0.2, -0.15) is 4.98 Å². The minimum Gasteiger partial charge on any atom is -0.339 e. The van der Waals surface area contributed by atoms with E-state index in [1.54, 1.807) is 24.3 Å². The lowest BCUT2D eigenvalue weighted by molar-refractivity contribution is -0.116. The van der Waals surface area contributed by atoms with Crippen molar-refractivity contribution >= 4 is 23.2 Å². The van der Waals surface area contributed by atoms with Crippen LogP contribution in [0.4, 0.5) is 11.4 Å². The Kier molecular flexibility index (Phi) is 6.30. The van der Waals surface area contributed by atoms with Crippen LogP contribution in [0.3, 0.4) is 0 Å². The van der Waals surface area contributed by atoms with E-state index < -0.39 is 0 Å². The van der Waals surface area contributed by atoms with Crippen LogP contribution >= 0.6 is 0 Å². The number of hydrogen-bond acceptors (Lipinski definition) is 5. The number of aryl methyl sites for hydroxylation is 2. The number of carbonyl (C=O) groups excluding carboxylic acids is 2. The van der Waals surface area contributed by atoms with Gasteiger partial charge in [-0.15, -0.1) is 0 Å². The van der Waals surface area contributed by atoms with Crippen molar-refractivity contribution in [2.75, 3.05) is 10.6 Å². The van der Waals surface area contributed by atoms with E-state index in [0.717, 1.165) is 5.56 Å². The van der Waals surface area contributed by atoms with Crippen molar-refractivity contribution < 1.29 is 14.1 Å². The van der Waals surface area contributed by atoms with Gasteiger partial charge in [0.15, 0.2) is 5.82 Å². The third kappa shape index (κ3) is 5.53. The van der Waals surface area contributed by atoms with Gasteiger partial charge in [0, 0.05) is 23.9 Å². The highest BCUT2D eigenvalue weighted by atomic mass is 16.5. The molecule has 3 aromatic rings. The summed E-state index contributed by atoms with van der Waals surface area (Å²) < 4.78 is 5.22. The second-order valence-corrected chi connectivity index (χ2v) is 8.18. The molecule has 1 heterocycles. The number of carbonyl (C=O) groups is 2. The minimum atomic E-state index is -0.289. The number of benzene rings is 2. The molecule has 2 aromatic carbocycles. The molecule has 0 aliphatic heterocycles. The largest absolute Gasteiger partial charge is 0.339 e. The Bertz CT molecular complexity index is 1050. The van der Waals surface area contributed by atoms with Crippen molar-refractivity contribution in [3.63, 3.8) is 0 Å². The second kappa shape index (κ2) is 8.90. The Hall–Kier alpha value is -3.48. The zero-order valence-electron chi connectivity index (χ0n) is 17.7. The van der Waals surface area contributed by atoms with E-state index in [2.05, 4.69) is 20.8 Å². The van der Waals surface area contributed by atoms with E-state index in [0.29, 0.717) is 35.1 Å². The van der Waals surface area contributed by atoms with Crippen LogP contribution in [0.1, 0.15) is 54.8 Å². The predicted molar refractivity (Wildman–Crippen MR) is 116 cm³/mol. The zero-order chi connectivity index (χ0) is 21.7. The molecule has 0 atom stereocenters. The fourth-order valence-corrected chi connectivity index (χ4v) is 2.81. The van der Waals surface area contributed by atoms with E-state index in [4.69, 9.17) is 4.52 Å². The van der Waals surface area contributed by atoms with E-state index in [1.807, 2.05) is 52.0 Å². The number of rotatable bonds is 6. The minimum absolute atomic E-state index is 0.166. The molecule has 7 heteroatoms. The van der Waals surface area contributed by atoms with E-state index in [1.165, 1.54) is 0 Å². The summed E-state index contributed by atoms with van der Waals surface area (Å²) in [4.78, 5) is 29.5. The maximum atomic E-state index is 12.7. The molecular weight excluding hydrogens is 380 g/mol. The van der Waals surface area contributed by atoms with E-state index in [-0.39, 0.29) is 23.7 Å². The van der Waals surface area contributed by atoms with Crippen LogP contribution in [0, 0.1) is 6.92 Å². The molecule has 1 aromatic heterocycles. The van der Waals surface area contributed by atoms with Gasteiger partial charge in [0.05, 0.1) is 11.3 Å². The topological polar surface area (TPSA) is 97.1 Å². The van der Waals surface area contributed by atoms with Crippen LogP contribution in [-0.4, -0.2) is 22.0 Å². The molecule has 156 valence electrons. The molecule has 0 unspecified atom stereocenters. The quantitative estimate of drug-likeness (QED) is 0.628. The van der Waals surface area contributed by atoms with Crippen LogP contribution < -0.4 is 10.6 Å². The van der Waals surface area contributed by atoms with Gasteiger partial charge >= 0.3 is 0 Å². The molecule has 30 heavy (non-hydrogen) atoms. The van der Waals surface area contributed by atoms with Crippen molar-refractivity contribution in [2.45, 2.75) is 46.0 Å². The number of nitrogens with zero attached hydrogens (tertiary/aromatic N) is 2. The zero-order valence-corrected chi connectivity index (χ0v) is 17.7. The lowest BCUT2D eigenvalue weighted by atomic mass is 9.96. The Morgan fingerprint density at radius 3 is 2.50 bits per heavy atom. The molecule has 0 fully saturated rings. The molecule has 0 spiro atoms. The fraction of sp³-hybridized carbons (Fsp3) is 0.304. The van der Waals surface area contributed by atoms with Gasteiger partial charge in [0.1, 0.15) is 0 Å². The average molecular weight is 406 g/mol. The molecule has 2 amide bonds. The summed E-state index contributed by atoms with van der Waals surface area (Å²) in [5.41, 5.74) is 2.37. The summed E-state index contributed by atoms with van der Waals surface area (Å²) in [5.74, 6) is 0.501. The number of para-hydroxylation sites is 1. The number of nitrogens with one attached hydrogen (secondary N) is 2. The van der Waals surface area contributed by atoms with Gasteiger partial charge in [-0.05, 0) is 36.8 Å². The van der Waals surface area contributed by atoms with Gasteiger partial charge in [-0.1, -0.05) is 50.2 Å². The monoisotopic (exact) mass is 406 g/mol. The summed E-state index contributed by atoms with van der Waals surface area (Å²) in [6.07, 6.45) is 0.492. The highest BCUT2D eigenvalue weighted by molar-refractivity contribution is 6.10. The first-order chi connectivity index (χ1) is 14.2. The SMILES string of the molecule is Cc1cccc(NC(=O)c2ccccc2NC(=O)CCc2nc(C(C)(C)C)no2)c1. The third-order valence-corrected chi connectivity index (χ3v) is 4.43. The van der Waals surface area contributed by atoms with Gasteiger partial charge in [-0.3, -0.25) is 9.59 Å². The first-order valence-corrected chi connectivity index (χ1v) is 9.82. The van der Waals surface area contributed by atoms with E-state index >= 15 is 0 Å². The smallest absolute Gasteiger partial charge is 0.257 e. The van der Waals surface area contributed by atoms with Gasteiger partial charge in [0.2, 0.25) is 11.8 Å². The van der Waals surface area contributed by atoms with Crippen molar-refractivity contribution in [2.24, 2.45) is 0 Å². The molecule has 0 radical (unpaired) electrons. The Labute approximate surface area is 175 Å². The molecule has 3 rings (SSSR count). The Morgan fingerprint density at radius 1 is 1.03 bits per heavy atom. The summed E-state index contributed by atoms with van der Waals surface area (Å²) >= 11 is 0. The first-order valence-electron chi connectivity index (χ1n) is 9.82. The molecule has 0 saturated heterocycles. The van der Waals surface area contributed by atoms with Crippen molar-refractivity contribution in [3.8, 4) is 0 Å². The number of hydrogen-bond donors (Lipinski definition) is 2. The first kappa shape index (κ1) is 21.2. The lowest BCUT2D eigenvalue weighted by Crippen LogP contribution is -2.18. The summed E-state index contributed by atoms with van der Waals surface area (Å²) in [6.45, 7) is 7.94. The van der Waals surface area contributed by atoms with Crippen LogP contribution in [0.15, 0.2) is 53.1 Å². The summed E-state index contributed by atoms with van der Waals surface area (Å²) in [5, 5.41) is 9.63. The number of amides is 2. The highest BCUT2D eigenvalue weighted by Gasteiger charge is 2.21. The van der Waals surface area contributed by atoms with Crippen molar-refractivity contribution in [1.82, 2.24) is 10.1 Å². The van der Waals surface area contributed by atoms with E-state index in [9.17, 15) is 9.59 Å². The van der Waals surface area contributed by atoms with Crippen LogP contribution in [0.5, 0.6) is 0 Å². The Morgan fingerprint density at radius 2 is 1.80 bits per heavy atom. The predicted octanol–water partition coefficient (Wildman–Crippen LogP) is 4.50. The van der Waals surface area contributed by atoms with Gasteiger partial charge in [0.25, 0.3) is 5.91 Å². The summed E-state index contributed by atoms with van der Waals surface area (Å²) in [7, 11) is 0.